The third kappa shape index (κ3) is 3.97. The molecule has 0 bridgehead atoms. The van der Waals surface area contributed by atoms with Gasteiger partial charge in [0, 0.05) is 0 Å². The van der Waals surface area contributed by atoms with Crippen molar-refractivity contribution < 1.29 is 19.4 Å². The maximum absolute atomic E-state index is 12.0. The van der Waals surface area contributed by atoms with Gasteiger partial charge in [-0.25, -0.2) is 4.79 Å². The molecule has 21 heavy (non-hydrogen) atoms. The second kappa shape index (κ2) is 7.11. The molecule has 116 valence electrons. The van der Waals surface area contributed by atoms with Crippen LogP contribution in [-0.2, 0) is 9.59 Å². The topological polar surface area (TPSA) is 75.6 Å². The van der Waals surface area contributed by atoms with Crippen molar-refractivity contribution in [3.8, 4) is 5.75 Å². The van der Waals surface area contributed by atoms with Crippen LogP contribution in [0.25, 0.3) is 0 Å². The maximum atomic E-state index is 12.0. The van der Waals surface area contributed by atoms with Gasteiger partial charge in [0.05, 0.1) is 0 Å². The zero-order valence-corrected chi connectivity index (χ0v) is 13.0. The summed E-state index contributed by atoms with van der Waals surface area (Å²) in [5.41, 5.74) is 0.665. The molecular formula is C16H23NO4. The molecule has 0 atom stereocenters. The average molecular weight is 293 g/mol. The van der Waals surface area contributed by atoms with Gasteiger partial charge in [0.15, 0.2) is 6.61 Å². The van der Waals surface area contributed by atoms with E-state index in [1.54, 1.807) is 13.8 Å². The molecule has 5 nitrogen and oxygen atoms in total. The number of carboxylic acids is 1. The minimum atomic E-state index is -1.22. The summed E-state index contributed by atoms with van der Waals surface area (Å²) < 4.78 is 5.54. The smallest absolute Gasteiger partial charge is 0.329 e. The highest BCUT2D eigenvalue weighted by Crippen LogP contribution is 2.22. The lowest BCUT2D eigenvalue weighted by atomic mass is 9.93. The van der Waals surface area contributed by atoms with Gasteiger partial charge in [-0.3, -0.25) is 4.79 Å². The number of carbonyl (C=O) groups excluding carboxylic acids is 1. The summed E-state index contributed by atoms with van der Waals surface area (Å²) in [6.07, 6.45) is 0.655. The highest BCUT2D eigenvalue weighted by Gasteiger charge is 2.36. The first kappa shape index (κ1) is 17.0. The third-order valence-corrected chi connectivity index (χ3v) is 3.75. The first-order valence-corrected chi connectivity index (χ1v) is 7.09. The summed E-state index contributed by atoms with van der Waals surface area (Å²) in [5, 5.41) is 11.9. The van der Waals surface area contributed by atoms with Crippen molar-refractivity contribution in [1.82, 2.24) is 5.32 Å². The summed E-state index contributed by atoms with van der Waals surface area (Å²) in [6, 6.07) is 5.72. The van der Waals surface area contributed by atoms with E-state index in [1.807, 2.05) is 32.0 Å². The zero-order valence-electron chi connectivity index (χ0n) is 13.0. The lowest BCUT2D eigenvalue weighted by molar-refractivity contribution is -0.148. The zero-order chi connectivity index (χ0) is 16.0. The van der Waals surface area contributed by atoms with Crippen molar-refractivity contribution in [2.75, 3.05) is 6.61 Å². The van der Waals surface area contributed by atoms with Crippen molar-refractivity contribution in [1.29, 1.82) is 0 Å². The van der Waals surface area contributed by atoms with Crippen LogP contribution in [0.3, 0.4) is 0 Å². The van der Waals surface area contributed by atoms with Crippen LogP contribution >= 0.6 is 0 Å². The number of aliphatic carboxylic acids is 1. The Morgan fingerprint density at radius 3 is 2.14 bits per heavy atom. The molecule has 0 heterocycles. The summed E-state index contributed by atoms with van der Waals surface area (Å²) >= 11 is 0. The van der Waals surface area contributed by atoms with Crippen molar-refractivity contribution >= 4 is 11.9 Å². The number of rotatable bonds is 7. The quantitative estimate of drug-likeness (QED) is 0.809. The first-order chi connectivity index (χ1) is 9.86. The molecule has 0 unspecified atom stereocenters. The molecular weight excluding hydrogens is 270 g/mol. The van der Waals surface area contributed by atoms with Gasteiger partial charge in [0.2, 0.25) is 0 Å². The maximum Gasteiger partial charge on any atom is 0.329 e. The molecule has 1 aromatic rings. The number of amides is 1. The molecule has 0 saturated carbocycles. The van der Waals surface area contributed by atoms with Crippen LogP contribution in [0.4, 0.5) is 0 Å². The number of ether oxygens (including phenoxy) is 1. The van der Waals surface area contributed by atoms with Crippen LogP contribution in [0, 0.1) is 13.8 Å². The Morgan fingerprint density at radius 1 is 1.19 bits per heavy atom. The van der Waals surface area contributed by atoms with Crippen LogP contribution in [-0.4, -0.2) is 29.1 Å². The molecule has 0 fully saturated rings. The van der Waals surface area contributed by atoms with E-state index in [-0.39, 0.29) is 6.61 Å². The summed E-state index contributed by atoms with van der Waals surface area (Å²) in [5.74, 6) is -0.779. The minimum absolute atomic E-state index is 0.194. The van der Waals surface area contributed by atoms with Gasteiger partial charge in [0.1, 0.15) is 11.3 Å². The van der Waals surface area contributed by atoms with E-state index in [9.17, 15) is 14.7 Å². The van der Waals surface area contributed by atoms with Gasteiger partial charge < -0.3 is 15.2 Å². The van der Waals surface area contributed by atoms with Gasteiger partial charge in [0.25, 0.3) is 5.91 Å². The van der Waals surface area contributed by atoms with E-state index in [4.69, 9.17) is 4.74 Å². The largest absolute Gasteiger partial charge is 0.483 e. The predicted molar refractivity (Wildman–Crippen MR) is 80.5 cm³/mol. The molecule has 0 aliphatic heterocycles. The molecule has 0 saturated heterocycles. The fourth-order valence-corrected chi connectivity index (χ4v) is 2.25. The van der Waals surface area contributed by atoms with Gasteiger partial charge >= 0.3 is 5.97 Å². The van der Waals surface area contributed by atoms with Crippen molar-refractivity contribution in [3.63, 3.8) is 0 Å². The number of para-hydroxylation sites is 1. The standard InChI is InChI=1S/C16H23NO4/c1-5-16(6-2,15(19)20)17-13(18)10-21-14-11(3)8-7-9-12(14)4/h7-9H,5-6,10H2,1-4H3,(H,17,18)(H,19,20). The van der Waals surface area contributed by atoms with Crippen LogP contribution in [0.2, 0.25) is 0 Å². The minimum Gasteiger partial charge on any atom is -0.483 e. The number of carboxylic acid groups (broad SMARTS) is 1. The fraction of sp³-hybridized carbons (Fsp3) is 0.500. The second-order valence-corrected chi connectivity index (χ2v) is 5.15. The van der Waals surface area contributed by atoms with E-state index in [0.717, 1.165) is 11.1 Å². The lowest BCUT2D eigenvalue weighted by Crippen LogP contribution is -2.54. The molecule has 0 radical (unpaired) electrons. The Labute approximate surface area is 125 Å². The summed E-state index contributed by atoms with van der Waals surface area (Å²) in [6.45, 7) is 7.09. The molecule has 5 heteroatoms. The molecule has 1 rings (SSSR count). The SMILES string of the molecule is CCC(CC)(NC(=O)COc1c(C)cccc1C)C(=O)O. The molecule has 0 aliphatic carbocycles. The average Bonchev–Trinajstić information content (AvgIpc) is 2.44. The highest BCUT2D eigenvalue weighted by atomic mass is 16.5. The van der Waals surface area contributed by atoms with Crippen LogP contribution in [0.1, 0.15) is 37.8 Å². The van der Waals surface area contributed by atoms with E-state index in [2.05, 4.69) is 5.32 Å². The first-order valence-electron chi connectivity index (χ1n) is 7.09. The predicted octanol–water partition coefficient (Wildman–Crippen LogP) is 2.44. The van der Waals surface area contributed by atoms with Gasteiger partial charge in [-0.05, 0) is 37.8 Å². The Kier molecular flexibility index (Phi) is 5.76. The van der Waals surface area contributed by atoms with Gasteiger partial charge in [-0.1, -0.05) is 32.0 Å². The Balaban J connectivity index is 2.72. The Morgan fingerprint density at radius 2 is 1.71 bits per heavy atom. The molecule has 0 spiro atoms. The molecule has 1 aromatic carbocycles. The molecule has 2 N–H and O–H groups in total. The normalized spacial score (nSPS) is 11.0. The van der Waals surface area contributed by atoms with Crippen LogP contribution in [0.5, 0.6) is 5.75 Å². The molecule has 0 aromatic heterocycles. The van der Waals surface area contributed by atoms with Crippen molar-refractivity contribution in [2.45, 2.75) is 46.1 Å². The van der Waals surface area contributed by atoms with Crippen molar-refractivity contribution in [3.05, 3.63) is 29.3 Å². The van der Waals surface area contributed by atoms with E-state index < -0.39 is 17.4 Å². The fourth-order valence-electron chi connectivity index (χ4n) is 2.25. The number of carbonyl (C=O) groups is 2. The van der Waals surface area contributed by atoms with Crippen molar-refractivity contribution in [2.24, 2.45) is 0 Å². The van der Waals surface area contributed by atoms with Crippen LogP contribution < -0.4 is 10.1 Å². The molecule has 0 aliphatic rings. The summed E-state index contributed by atoms with van der Waals surface area (Å²) in [4.78, 5) is 23.3. The van der Waals surface area contributed by atoms with E-state index >= 15 is 0 Å². The van der Waals surface area contributed by atoms with Gasteiger partial charge in [-0.15, -0.1) is 0 Å². The Hall–Kier alpha value is -2.04. The number of aryl methyl sites for hydroxylation is 2. The monoisotopic (exact) mass is 293 g/mol. The van der Waals surface area contributed by atoms with E-state index in [0.29, 0.717) is 18.6 Å². The van der Waals surface area contributed by atoms with Crippen LogP contribution in [0.15, 0.2) is 18.2 Å². The molecule has 1 amide bonds. The number of benzene rings is 1. The van der Waals surface area contributed by atoms with Gasteiger partial charge in [-0.2, -0.15) is 0 Å². The number of hydrogen-bond acceptors (Lipinski definition) is 3. The lowest BCUT2D eigenvalue weighted by Gasteiger charge is -2.28. The summed E-state index contributed by atoms with van der Waals surface area (Å²) in [7, 11) is 0. The second-order valence-electron chi connectivity index (χ2n) is 5.15. The third-order valence-electron chi connectivity index (χ3n) is 3.75. The number of nitrogens with one attached hydrogen (secondary N) is 1. The Bertz CT molecular complexity index is 501. The highest BCUT2D eigenvalue weighted by molar-refractivity contribution is 5.87. The van der Waals surface area contributed by atoms with E-state index in [1.165, 1.54) is 0 Å². The number of hydrogen-bond donors (Lipinski definition) is 2.